The number of hydrogen-bond acceptors (Lipinski definition) is 2. The number of guanidine groups is 1. The SMILES string of the molecule is CCN=C(N)NC(=O)C(C)c1ccccc1Cl. The minimum absolute atomic E-state index is 0.136. The summed E-state index contributed by atoms with van der Waals surface area (Å²) in [5.41, 5.74) is 6.30. The summed E-state index contributed by atoms with van der Waals surface area (Å²) in [6.45, 7) is 4.15. The molecule has 0 bridgehead atoms. The molecular formula is C12H16ClN3O. The zero-order valence-corrected chi connectivity index (χ0v) is 10.7. The summed E-state index contributed by atoms with van der Waals surface area (Å²) >= 11 is 6.02. The Hall–Kier alpha value is -1.55. The van der Waals surface area contributed by atoms with Crippen LogP contribution in [0.3, 0.4) is 0 Å². The van der Waals surface area contributed by atoms with Crippen molar-refractivity contribution in [3.8, 4) is 0 Å². The smallest absolute Gasteiger partial charge is 0.233 e. The molecular weight excluding hydrogens is 238 g/mol. The van der Waals surface area contributed by atoms with Gasteiger partial charge in [0.2, 0.25) is 5.91 Å². The molecule has 0 aliphatic rings. The first-order valence-corrected chi connectivity index (χ1v) is 5.79. The molecule has 1 rings (SSSR count). The summed E-state index contributed by atoms with van der Waals surface area (Å²) in [5.74, 6) is -0.446. The predicted octanol–water partition coefficient (Wildman–Crippen LogP) is 1.89. The lowest BCUT2D eigenvalue weighted by molar-refractivity contribution is -0.120. The molecule has 0 heterocycles. The first-order valence-electron chi connectivity index (χ1n) is 5.41. The van der Waals surface area contributed by atoms with E-state index < -0.39 is 0 Å². The molecule has 92 valence electrons. The number of carbonyl (C=O) groups excluding carboxylic acids is 1. The van der Waals surface area contributed by atoms with Gasteiger partial charge in [0.05, 0.1) is 5.92 Å². The highest BCUT2D eigenvalue weighted by atomic mass is 35.5. The zero-order chi connectivity index (χ0) is 12.8. The molecule has 17 heavy (non-hydrogen) atoms. The minimum atomic E-state index is -0.366. The maximum absolute atomic E-state index is 11.9. The van der Waals surface area contributed by atoms with E-state index in [4.69, 9.17) is 17.3 Å². The Balaban J connectivity index is 2.77. The van der Waals surface area contributed by atoms with E-state index >= 15 is 0 Å². The van der Waals surface area contributed by atoms with Crippen LogP contribution in [-0.4, -0.2) is 18.4 Å². The van der Waals surface area contributed by atoms with Gasteiger partial charge >= 0.3 is 0 Å². The molecule has 0 aliphatic heterocycles. The van der Waals surface area contributed by atoms with Crippen molar-refractivity contribution in [3.05, 3.63) is 34.9 Å². The normalized spacial score (nSPS) is 13.2. The molecule has 0 radical (unpaired) electrons. The lowest BCUT2D eigenvalue weighted by Gasteiger charge is -2.13. The highest BCUT2D eigenvalue weighted by Gasteiger charge is 2.17. The number of aliphatic imine (C=N–C) groups is 1. The molecule has 5 heteroatoms. The van der Waals surface area contributed by atoms with Gasteiger partial charge in [-0.25, -0.2) is 0 Å². The average Bonchev–Trinajstić information content (AvgIpc) is 2.29. The zero-order valence-electron chi connectivity index (χ0n) is 9.90. The molecule has 3 N–H and O–H groups in total. The number of halogens is 1. The van der Waals surface area contributed by atoms with Gasteiger partial charge < -0.3 is 5.73 Å². The van der Waals surface area contributed by atoms with E-state index in [1.54, 1.807) is 13.0 Å². The fraction of sp³-hybridized carbons (Fsp3) is 0.333. The fourth-order valence-electron chi connectivity index (χ4n) is 1.41. The van der Waals surface area contributed by atoms with Gasteiger partial charge in [-0.3, -0.25) is 15.1 Å². The Morgan fingerprint density at radius 1 is 1.53 bits per heavy atom. The van der Waals surface area contributed by atoms with Crippen molar-refractivity contribution < 1.29 is 4.79 Å². The molecule has 0 fully saturated rings. The van der Waals surface area contributed by atoms with Crippen molar-refractivity contribution in [1.82, 2.24) is 5.32 Å². The van der Waals surface area contributed by atoms with Gasteiger partial charge in [-0.15, -0.1) is 0 Å². The van der Waals surface area contributed by atoms with Gasteiger partial charge in [0.15, 0.2) is 5.96 Å². The summed E-state index contributed by atoms with van der Waals surface area (Å²) in [5, 5.41) is 3.11. The van der Waals surface area contributed by atoms with Crippen molar-refractivity contribution in [2.24, 2.45) is 10.7 Å². The quantitative estimate of drug-likeness (QED) is 0.638. The third-order valence-corrected chi connectivity index (χ3v) is 2.69. The first kappa shape index (κ1) is 13.5. The third-order valence-electron chi connectivity index (χ3n) is 2.34. The summed E-state index contributed by atoms with van der Waals surface area (Å²) in [7, 11) is 0. The Bertz CT molecular complexity index is 432. The standard InChI is InChI=1S/C12H16ClN3O/c1-3-15-12(14)16-11(17)8(2)9-6-4-5-7-10(9)13/h4-8H,3H2,1-2H3,(H3,14,15,16,17). The largest absolute Gasteiger partial charge is 0.370 e. The molecule has 1 unspecified atom stereocenters. The van der Waals surface area contributed by atoms with Gasteiger partial charge in [-0.1, -0.05) is 29.8 Å². The van der Waals surface area contributed by atoms with Gasteiger partial charge in [-0.05, 0) is 25.5 Å². The van der Waals surface area contributed by atoms with E-state index in [0.29, 0.717) is 11.6 Å². The highest BCUT2D eigenvalue weighted by molar-refractivity contribution is 6.31. The number of nitrogens with two attached hydrogens (primary N) is 1. The number of carbonyl (C=O) groups is 1. The minimum Gasteiger partial charge on any atom is -0.370 e. The van der Waals surface area contributed by atoms with Crippen molar-refractivity contribution in [1.29, 1.82) is 0 Å². The molecule has 0 saturated heterocycles. The fourth-order valence-corrected chi connectivity index (χ4v) is 1.71. The van der Waals surface area contributed by atoms with E-state index in [9.17, 15) is 4.79 Å². The van der Waals surface area contributed by atoms with Crippen molar-refractivity contribution in [2.75, 3.05) is 6.54 Å². The van der Waals surface area contributed by atoms with E-state index in [1.165, 1.54) is 0 Å². The molecule has 0 spiro atoms. The van der Waals surface area contributed by atoms with Crippen molar-refractivity contribution in [2.45, 2.75) is 19.8 Å². The third kappa shape index (κ3) is 3.75. The van der Waals surface area contributed by atoms with E-state index in [0.717, 1.165) is 5.56 Å². The van der Waals surface area contributed by atoms with Crippen LogP contribution >= 0.6 is 11.6 Å². The van der Waals surface area contributed by atoms with Crippen LogP contribution in [0.4, 0.5) is 0 Å². The van der Waals surface area contributed by atoms with E-state index in [-0.39, 0.29) is 17.8 Å². The topological polar surface area (TPSA) is 67.5 Å². The Morgan fingerprint density at radius 3 is 2.76 bits per heavy atom. The van der Waals surface area contributed by atoms with Crippen LogP contribution in [0.5, 0.6) is 0 Å². The second kappa shape index (κ2) is 6.25. The number of amides is 1. The van der Waals surface area contributed by atoms with Crippen molar-refractivity contribution >= 4 is 23.5 Å². The average molecular weight is 254 g/mol. The van der Waals surface area contributed by atoms with Crippen LogP contribution in [0, 0.1) is 0 Å². The number of rotatable bonds is 3. The Kier molecular flexibility index (Phi) is 4.97. The summed E-state index contributed by atoms with van der Waals surface area (Å²) < 4.78 is 0. The maximum atomic E-state index is 11.9. The first-order chi connectivity index (χ1) is 8.06. The van der Waals surface area contributed by atoms with Gasteiger partial charge in [-0.2, -0.15) is 0 Å². The molecule has 1 amide bonds. The van der Waals surface area contributed by atoms with E-state index in [1.807, 2.05) is 25.1 Å². The second-order valence-corrected chi connectivity index (χ2v) is 4.00. The Morgan fingerprint density at radius 2 is 2.18 bits per heavy atom. The predicted molar refractivity (Wildman–Crippen MR) is 70.2 cm³/mol. The Labute approximate surface area is 106 Å². The maximum Gasteiger partial charge on any atom is 0.233 e. The van der Waals surface area contributed by atoms with Crippen LogP contribution in [0.2, 0.25) is 5.02 Å². The number of nitrogens with zero attached hydrogens (tertiary/aromatic N) is 1. The van der Waals surface area contributed by atoms with Gasteiger partial charge in [0.1, 0.15) is 0 Å². The lowest BCUT2D eigenvalue weighted by atomic mass is 10.0. The molecule has 0 aliphatic carbocycles. The molecule has 1 aromatic carbocycles. The second-order valence-electron chi connectivity index (χ2n) is 3.59. The molecule has 1 atom stereocenters. The number of benzene rings is 1. The number of nitrogens with one attached hydrogen (secondary N) is 1. The molecule has 0 aromatic heterocycles. The highest BCUT2D eigenvalue weighted by Crippen LogP contribution is 2.23. The van der Waals surface area contributed by atoms with Gasteiger partial charge in [0, 0.05) is 11.6 Å². The van der Waals surface area contributed by atoms with E-state index in [2.05, 4.69) is 10.3 Å². The lowest BCUT2D eigenvalue weighted by Crippen LogP contribution is -2.39. The van der Waals surface area contributed by atoms with Gasteiger partial charge in [0.25, 0.3) is 0 Å². The monoisotopic (exact) mass is 253 g/mol. The van der Waals surface area contributed by atoms with Crippen LogP contribution in [0.25, 0.3) is 0 Å². The molecule has 4 nitrogen and oxygen atoms in total. The van der Waals surface area contributed by atoms with Crippen LogP contribution in [0.1, 0.15) is 25.3 Å². The number of hydrogen-bond donors (Lipinski definition) is 2. The summed E-state index contributed by atoms with van der Waals surface area (Å²) in [4.78, 5) is 15.7. The molecule has 0 saturated carbocycles. The van der Waals surface area contributed by atoms with Crippen LogP contribution in [0.15, 0.2) is 29.3 Å². The molecule has 1 aromatic rings. The summed E-state index contributed by atoms with van der Waals surface area (Å²) in [6, 6.07) is 7.24. The summed E-state index contributed by atoms with van der Waals surface area (Å²) in [6.07, 6.45) is 0. The van der Waals surface area contributed by atoms with Crippen molar-refractivity contribution in [3.63, 3.8) is 0 Å². The van der Waals surface area contributed by atoms with Crippen LogP contribution in [-0.2, 0) is 4.79 Å². The van der Waals surface area contributed by atoms with Crippen LogP contribution < -0.4 is 11.1 Å².